The topological polar surface area (TPSA) is 103 Å². The number of aliphatic hydroxyl groups is 1. The molecule has 1 aromatic carbocycles. The van der Waals surface area contributed by atoms with Crippen LogP contribution < -0.4 is 16.3 Å². The molecule has 0 radical (unpaired) electrons. The van der Waals surface area contributed by atoms with Gasteiger partial charge in [0.1, 0.15) is 6.61 Å². The maximum absolute atomic E-state index is 13.9. The van der Waals surface area contributed by atoms with Crippen LogP contribution in [0.3, 0.4) is 0 Å². The van der Waals surface area contributed by atoms with Crippen molar-refractivity contribution < 1.29 is 14.6 Å². The molecule has 35 heavy (non-hydrogen) atoms. The fourth-order valence-electron chi connectivity index (χ4n) is 6.19. The predicted molar refractivity (Wildman–Crippen MR) is 129 cm³/mol. The van der Waals surface area contributed by atoms with Crippen LogP contribution in [0.25, 0.3) is 22.2 Å². The van der Waals surface area contributed by atoms with Gasteiger partial charge in [0.05, 0.1) is 34.6 Å². The maximum atomic E-state index is 13.9. The molecule has 1 atom stereocenters. The largest absolute Gasteiger partial charge is 0.458 e. The number of fused-ring (bicyclic) bond motifs is 5. The van der Waals surface area contributed by atoms with E-state index in [0.29, 0.717) is 29.2 Å². The normalized spacial score (nSPS) is 22.1. The highest BCUT2D eigenvalue weighted by Gasteiger charge is 2.45. The number of rotatable bonds is 4. The van der Waals surface area contributed by atoms with E-state index in [1.54, 1.807) is 17.6 Å². The molecule has 1 aliphatic carbocycles. The van der Waals surface area contributed by atoms with Gasteiger partial charge in [0.25, 0.3) is 5.56 Å². The minimum absolute atomic E-state index is 0.0809. The van der Waals surface area contributed by atoms with Gasteiger partial charge in [-0.2, -0.15) is 0 Å². The van der Waals surface area contributed by atoms with Gasteiger partial charge in [-0.1, -0.05) is 13.0 Å². The van der Waals surface area contributed by atoms with Crippen LogP contribution in [-0.4, -0.2) is 26.3 Å². The number of aryl methyl sites for hydroxylation is 2. The highest BCUT2D eigenvalue weighted by atomic mass is 16.6. The fourth-order valence-corrected chi connectivity index (χ4v) is 6.19. The molecule has 2 N–H and O–H groups in total. The summed E-state index contributed by atoms with van der Waals surface area (Å²) in [6.45, 7) is 3.40. The Kier molecular flexibility index (Phi) is 4.31. The number of ether oxygens (including phenoxy) is 1. The van der Waals surface area contributed by atoms with E-state index in [-0.39, 0.29) is 35.1 Å². The number of pyridine rings is 2. The van der Waals surface area contributed by atoms with E-state index in [9.17, 15) is 19.5 Å². The van der Waals surface area contributed by atoms with E-state index in [1.165, 1.54) is 24.0 Å². The quantitative estimate of drug-likeness (QED) is 0.440. The standard InChI is InChI=1S/C27H27N3O5/c1-2-27(34)19-10-20-22-21(12-30(20)25(32)18(19)13-35-26(27)33)29-9-3-4-16-14(11-28-15-6-7-15)5-8-17(23(16)29)24(22)31/h5,8,10,15,28,34H,2-4,6-7,9,11-13H2,1H3/t27-/m0/s1. The number of carbonyl (C=O) groups excluding carboxylic acids is 1. The molecule has 8 nitrogen and oxygen atoms in total. The molecule has 0 spiro atoms. The van der Waals surface area contributed by atoms with E-state index >= 15 is 0 Å². The molecule has 3 aromatic rings. The second kappa shape index (κ2) is 7.15. The number of hydrogen-bond donors (Lipinski definition) is 2. The lowest BCUT2D eigenvalue weighted by Gasteiger charge is -2.31. The number of hydrogen-bond acceptors (Lipinski definition) is 6. The van der Waals surface area contributed by atoms with Crippen LogP contribution in [0, 0.1) is 0 Å². The molecule has 4 aliphatic rings. The first-order chi connectivity index (χ1) is 16.9. The summed E-state index contributed by atoms with van der Waals surface area (Å²) in [5, 5.41) is 15.4. The molecule has 1 saturated carbocycles. The van der Waals surface area contributed by atoms with Crippen LogP contribution in [0.1, 0.15) is 60.6 Å². The van der Waals surface area contributed by atoms with Crippen LogP contribution >= 0.6 is 0 Å². The average Bonchev–Trinajstić information content (AvgIpc) is 3.62. The number of nitrogens with zero attached hydrogens (tertiary/aromatic N) is 2. The highest BCUT2D eigenvalue weighted by Crippen LogP contribution is 2.39. The molecule has 5 heterocycles. The lowest BCUT2D eigenvalue weighted by Crippen LogP contribution is -2.44. The zero-order valence-corrected chi connectivity index (χ0v) is 19.6. The van der Waals surface area contributed by atoms with Gasteiger partial charge in [-0.15, -0.1) is 0 Å². The second-order valence-corrected chi connectivity index (χ2v) is 10.3. The minimum Gasteiger partial charge on any atom is -0.458 e. The summed E-state index contributed by atoms with van der Waals surface area (Å²) >= 11 is 0. The smallest absolute Gasteiger partial charge is 0.343 e. The first kappa shape index (κ1) is 21.1. The first-order valence-electron chi connectivity index (χ1n) is 12.5. The molecule has 8 heteroatoms. The van der Waals surface area contributed by atoms with E-state index in [2.05, 4.69) is 16.0 Å². The van der Waals surface area contributed by atoms with Gasteiger partial charge < -0.3 is 24.3 Å². The number of aromatic nitrogens is 2. The van der Waals surface area contributed by atoms with E-state index in [0.717, 1.165) is 37.1 Å². The summed E-state index contributed by atoms with van der Waals surface area (Å²) in [4.78, 5) is 39.8. The zero-order valence-electron chi connectivity index (χ0n) is 19.6. The highest BCUT2D eigenvalue weighted by molar-refractivity contribution is 5.90. The fraction of sp³-hybridized carbons (Fsp3) is 0.444. The van der Waals surface area contributed by atoms with E-state index in [4.69, 9.17) is 4.74 Å². The molecule has 0 bridgehead atoms. The summed E-state index contributed by atoms with van der Waals surface area (Å²) in [7, 11) is 0. The van der Waals surface area contributed by atoms with Crippen molar-refractivity contribution in [2.75, 3.05) is 0 Å². The van der Waals surface area contributed by atoms with Gasteiger partial charge in [-0.25, -0.2) is 4.79 Å². The van der Waals surface area contributed by atoms with Gasteiger partial charge in [-0.3, -0.25) is 9.59 Å². The molecule has 0 saturated heterocycles. The van der Waals surface area contributed by atoms with Gasteiger partial charge in [-0.05, 0) is 55.4 Å². The van der Waals surface area contributed by atoms with Crippen molar-refractivity contribution in [1.82, 2.24) is 14.5 Å². The predicted octanol–water partition coefficient (Wildman–Crippen LogP) is 2.04. The van der Waals surface area contributed by atoms with Crippen molar-refractivity contribution in [3.8, 4) is 11.3 Å². The van der Waals surface area contributed by atoms with Crippen molar-refractivity contribution >= 4 is 16.9 Å². The molecule has 1 fully saturated rings. The van der Waals surface area contributed by atoms with Gasteiger partial charge >= 0.3 is 5.97 Å². The van der Waals surface area contributed by atoms with Crippen LogP contribution in [0.5, 0.6) is 0 Å². The third kappa shape index (κ3) is 2.78. The van der Waals surface area contributed by atoms with Crippen LogP contribution in [-0.2, 0) is 47.8 Å². The molecule has 0 amide bonds. The molecular formula is C27H27N3O5. The monoisotopic (exact) mass is 473 g/mol. The van der Waals surface area contributed by atoms with Crippen LogP contribution in [0.2, 0.25) is 0 Å². The second-order valence-electron chi connectivity index (χ2n) is 10.3. The average molecular weight is 474 g/mol. The Morgan fingerprint density at radius 2 is 2.00 bits per heavy atom. The Balaban J connectivity index is 1.47. The Morgan fingerprint density at radius 3 is 2.77 bits per heavy atom. The van der Waals surface area contributed by atoms with Crippen molar-refractivity contribution in [2.45, 2.75) is 76.9 Å². The van der Waals surface area contributed by atoms with E-state index in [1.807, 2.05) is 6.07 Å². The summed E-state index contributed by atoms with van der Waals surface area (Å²) < 4.78 is 9.00. The summed E-state index contributed by atoms with van der Waals surface area (Å²) in [5.74, 6) is -0.752. The Hall–Kier alpha value is -3.23. The first-order valence-corrected chi connectivity index (χ1v) is 12.5. The van der Waals surface area contributed by atoms with Gasteiger partial charge in [0.15, 0.2) is 11.0 Å². The molecule has 0 unspecified atom stereocenters. The molecule has 7 rings (SSSR count). The van der Waals surface area contributed by atoms with Crippen LogP contribution in [0.4, 0.5) is 0 Å². The Labute approximate surface area is 201 Å². The third-order valence-electron chi connectivity index (χ3n) is 8.31. The molecule has 2 aromatic heterocycles. The molecule has 3 aliphatic heterocycles. The number of esters is 1. The maximum Gasteiger partial charge on any atom is 0.343 e. The SMILES string of the molecule is CC[C@@]1(O)C(=O)OCc2c1cc1n(c2=O)Cc2c-1c(=O)c1ccc(CNC3CC3)c3c1n2CCC3. The van der Waals surface area contributed by atoms with Crippen molar-refractivity contribution in [2.24, 2.45) is 0 Å². The summed E-state index contributed by atoms with van der Waals surface area (Å²) in [6, 6.07) is 6.27. The lowest BCUT2D eigenvalue weighted by molar-refractivity contribution is -0.172. The van der Waals surface area contributed by atoms with Crippen molar-refractivity contribution in [3.63, 3.8) is 0 Å². The molecular weight excluding hydrogens is 446 g/mol. The Bertz CT molecular complexity index is 1580. The van der Waals surface area contributed by atoms with Crippen LogP contribution in [0.15, 0.2) is 27.8 Å². The van der Waals surface area contributed by atoms with E-state index < -0.39 is 11.6 Å². The number of benzene rings is 1. The van der Waals surface area contributed by atoms with Gasteiger partial charge in [0, 0.05) is 30.1 Å². The van der Waals surface area contributed by atoms with Gasteiger partial charge in [0.2, 0.25) is 0 Å². The molecule has 180 valence electrons. The third-order valence-corrected chi connectivity index (χ3v) is 8.31. The number of cyclic esters (lactones) is 1. The lowest BCUT2D eigenvalue weighted by atomic mass is 9.85. The minimum atomic E-state index is -1.89. The summed E-state index contributed by atoms with van der Waals surface area (Å²) in [6.07, 6.45) is 4.43. The summed E-state index contributed by atoms with van der Waals surface area (Å²) in [5.41, 5.74) is 3.53. The Morgan fingerprint density at radius 1 is 1.17 bits per heavy atom. The van der Waals surface area contributed by atoms with Crippen molar-refractivity contribution in [1.29, 1.82) is 0 Å². The number of nitrogens with one attached hydrogen (secondary N) is 1. The number of carbonyl (C=O) groups is 1. The zero-order chi connectivity index (χ0) is 24.1. The van der Waals surface area contributed by atoms with Crippen molar-refractivity contribution in [3.05, 3.63) is 66.7 Å².